The summed E-state index contributed by atoms with van der Waals surface area (Å²) >= 11 is 4.60. The summed E-state index contributed by atoms with van der Waals surface area (Å²) in [6, 6.07) is 0. The number of esters is 1. The van der Waals surface area contributed by atoms with Crippen LogP contribution in [0.25, 0.3) is 0 Å². The van der Waals surface area contributed by atoms with Gasteiger partial charge in [0.2, 0.25) is 0 Å². The van der Waals surface area contributed by atoms with Crippen LogP contribution < -0.4 is 0 Å². The molecule has 66 valence electrons. The Kier molecular flexibility index (Phi) is 10.8. The average molecular weight is 183 g/mol. The summed E-state index contributed by atoms with van der Waals surface area (Å²) in [4.78, 5) is 19.2. The predicted octanol–water partition coefficient (Wildman–Crippen LogP) is 1.56. The summed E-state index contributed by atoms with van der Waals surface area (Å²) < 4.78 is 8.28. The third kappa shape index (κ3) is 27.0. The predicted molar refractivity (Wildman–Crippen MR) is 40.6 cm³/mol. The SMILES string of the molecule is CCOC(C)=O.COC(=O)Cl. The van der Waals surface area contributed by atoms with E-state index in [-0.39, 0.29) is 5.97 Å². The Morgan fingerprint density at radius 3 is 1.82 bits per heavy atom. The number of rotatable bonds is 1. The zero-order valence-corrected chi connectivity index (χ0v) is 7.47. The van der Waals surface area contributed by atoms with Gasteiger partial charge in [0.15, 0.2) is 0 Å². The van der Waals surface area contributed by atoms with Crippen LogP contribution in [0.3, 0.4) is 0 Å². The van der Waals surface area contributed by atoms with Crippen molar-refractivity contribution in [1.82, 2.24) is 0 Å². The molecule has 0 aliphatic carbocycles. The van der Waals surface area contributed by atoms with Crippen molar-refractivity contribution in [2.75, 3.05) is 13.7 Å². The maximum Gasteiger partial charge on any atom is 0.403 e. The molecule has 0 N–H and O–H groups in total. The normalized spacial score (nSPS) is 7.27. The molecule has 0 saturated carbocycles. The maximum absolute atomic E-state index is 9.82. The van der Waals surface area contributed by atoms with Crippen molar-refractivity contribution in [3.63, 3.8) is 0 Å². The van der Waals surface area contributed by atoms with Crippen LogP contribution in [0.4, 0.5) is 4.79 Å². The second-order valence-electron chi connectivity index (χ2n) is 1.37. The van der Waals surface area contributed by atoms with Crippen LogP contribution in [-0.2, 0) is 14.3 Å². The average Bonchev–Trinajstić information content (AvgIpc) is 1.89. The molecule has 0 spiro atoms. The highest BCUT2D eigenvalue weighted by Crippen LogP contribution is 1.78. The minimum atomic E-state index is -0.773. The molecule has 0 aromatic rings. The lowest BCUT2D eigenvalue weighted by atomic mass is 10.8. The van der Waals surface area contributed by atoms with Gasteiger partial charge in [-0.05, 0) is 6.92 Å². The van der Waals surface area contributed by atoms with Crippen LogP contribution >= 0.6 is 11.6 Å². The number of carbonyl (C=O) groups excluding carboxylic acids is 2. The Balaban J connectivity index is 0. The topological polar surface area (TPSA) is 52.6 Å². The Labute approximate surface area is 70.4 Å². The van der Waals surface area contributed by atoms with Crippen LogP contribution in [0, 0.1) is 0 Å². The fourth-order valence-corrected chi connectivity index (χ4v) is 0.203. The maximum atomic E-state index is 9.82. The van der Waals surface area contributed by atoms with Crippen molar-refractivity contribution in [1.29, 1.82) is 0 Å². The lowest BCUT2D eigenvalue weighted by molar-refractivity contribution is -0.140. The molecule has 0 saturated heterocycles. The summed E-state index contributed by atoms with van der Waals surface area (Å²) in [7, 11) is 1.22. The third-order valence-electron chi connectivity index (χ3n) is 0.508. The Bertz CT molecular complexity index is 124. The van der Waals surface area contributed by atoms with Gasteiger partial charge in [-0.1, -0.05) is 0 Å². The molecular weight excluding hydrogens is 172 g/mol. The van der Waals surface area contributed by atoms with Gasteiger partial charge in [0.25, 0.3) is 0 Å². The number of halogens is 1. The van der Waals surface area contributed by atoms with E-state index in [0.717, 1.165) is 0 Å². The molecule has 0 aliphatic rings. The standard InChI is InChI=1S/C4H8O2.C2H3ClO2/c1-3-6-4(2)5;1-5-2(3)4/h3H2,1-2H3;1H3. The van der Waals surface area contributed by atoms with Crippen molar-refractivity contribution in [2.45, 2.75) is 13.8 Å². The van der Waals surface area contributed by atoms with Crippen molar-refractivity contribution >= 4 is 23.0 Å². The number of ether oxygens (including phenoxy) is 2. The van der Waals surface area contributed by atoms with E-state index in [1.165, 1.54) is 14.0 Å². The molecule has 5 heteroatoms. The van der Waals surface area contributed by atoms with Crippen LogP contribution in [0.15, 0.2) is 0 Å². The van der Waals surface area contributed by atoms with E-state index in [0.29, 0.717) is 6.61 Å². The highest BCUT2D eigenvalue weighted by atomic mass is 35.5. The quantitative estimate of drug-likeness (QED) is 0.456. The lowest BCUT2D eigenvalue weighted by Crippen LogP contribution is -1.95. The summed E-state index contributed by atoms with van der Waals surface area (Å²) in [6.45, 7) is 3.65. The molecular formula is C6H11ClO4. The van der Waals surface area contributed by atoms with Gasteiger partial charge in [-0.3, -0.25) is 4.79 Å². The van der Waals surface area contributed by atoms with Crippen LogP contribution in [0.1, 0.15) is 13.8 Å². The first-order chi connectivity index (χ1) is 5.04. The van der Waals surface area contributed by atoms with E-state index in [4.69, 9.17) is 0 Å². The van der Waals surface area contributed by atoms with Gasteiger partial charge < -0.3 is 9.47 Å². The molecule has 0 bridgehead atoms. The minimum absolute atomic E-state index is 0.211. The zero-order chi connectivity index (χ0) is 9.28. The van der Waals surface area contributed by atoms with Crippen molar-refractivity contribution < 1.29 is 19.1 Å². The van der Waals surface area contributed by atoms with Gasteiger partial charge >= 0.3 is 11.4 Å². The molecule has 4 nitrogen and oxygen atoms in total. The molecule has 0 heterocycles. The Morgan fingerprint density at radius 1 is 1.45 bits per heavy atom. The number of methoxy groups -OCH3 is 1. The molecule has 11 heavy (non-hydrogen) atoms. The van der Waals surface area contributed by atoms with Gasteiger partial charge in [0.05, 0.1) is 13.7 Å². The summed E-state index contributed by atoms with van der Waals surface area (Å²) in [5.41, 5.74) is -0.773. The molecule has 0 aromatic heterocycles. The Hall–Kier alpha value is -0.770. The first kappa shape index (κ1) is 12.9. The van der Waals surface area contributed by atoms with E-state index >= 15 is 0 Å². The summed E-state index contributed by atoms with van der Waals surface area (Å²) in [5.74, 6) is -0.211. The van der Waals surface area contributed by atoms with E-state index in [1.807, 2.05) is 0 Å². The van der Waals surface area contributed by atoms with Gasteiger partial charge in [0, 0.05) is 18.5 Å². The van der Waals surface area contributed by atoms with Crippen molar-refractivity contribution in [3.8, 4) is 0 Å². The first-order valence-corrected chi connectivity index (χ1v) is 3.29. The summed E-state index contributed by atoms with van der Waals surface area (Å²) in [5, 5.41) is 0. The monoisotopic (exact) mass is 182 g/mol. The smallest absolute Gasteiger partial charge is 0.403 e. The second kappa shape index (κ2) is 9.23. The molecule has 0 aliphatic heterocycles. The van der Waals surface area contributed by atoms with Gasteiger partial charge in [-0.25, -0.2) is 4.79 Å². The fraction of sp³-hybridized carbons (Fsp3) is 0.667. The molecule has 0 amide bonds. The first-order valence-electron chi connectivity index (χ1n) is 2.91. The zero-order valence-electron chi connectivity index (χ0n) is 6.72. The van der Waals surface area contributed by atoms with Gasteiger partial charge in [-0.2, -0.15) is 0 Å². The minimum Gasteiger partial charge on any atom is -0.466 e. The lowest BCUT2D eigenvalue weighted by Gasteiger charge is -1.89. The van der Waals surface area contributed by atoms with Gasteiger partial charge in [-0.15, -0.1) is 0 Å². The highest BCUT2D eigenvalue weighted by molar-refractivity contribution is 6.61. The van der Waals surface area contributed by atoms with E-state index in [2.05, 4.69) is 21.1 Å². The molecule has 0 aromatic carbocycles. The Morgan fingerprint density at radius 2 is 1.82 bits per heavy atom. The van der Waals surface area contributed by atoms with Crippen LogP contribution in [-0.4, -0.2) is 25.1 Å². The van der Waals surface area contributed by atoms with Crippen molar-refractivity contribution in [3.05, 3.63) is 0 Å². The molecule has 0 unspecified atom stereocenters. The molecule has 0 rings (SSSR count). The van der Waals surface area contributed by atoms with Gasteiger partial charge in [0.1, 0.15) is 0 Å². The largest absolute Gasteiger partial charge is 0.466 e. The van der Waals surface area contributed by atoms with E-state index < -0.39 is 5.43 Å². The second-order valence-corrected chi connectivity index (χ2v) is 1.67. The molecule has 0 atom stereocenters. The molecule has 0 radical (unpaired) electrons. The molecule has 0 fully saturated rings. The third-order valence-corrected chi connectivity index (χ3v) is 0.662. The van der Waals surface area contributed by atoms with Crippen LogP contribution in [0.2, 0.25) is 0 Å². The van der Waals surface area contributed by atoms with E-state index in [1.54, 1.807) is 6.92 Å². The fourth-order valence-electron chi connectivity index (χ4n) is 0.203. The number of hydrogen-bond acceptors (Lipinski definition) is 4. The van der Waals surface area contributed by atoms with Crippen molar-refractivity contribution in [2.24, 2.45) is 0 Å². The summed E-state index contributed by atoms with van der Waals surface area (Å²) in [6.07, 6.45) is 0. The van der Waals surface area contributed by atoms with E-state index in [9.17, 15) is 9.59 Å². The number of hydrogen-bond donors (Lipinski definition) is 0. The number of carbonyl (C=O) groups is 2. The van der Waals surface area contributed by atoms with Crippen LogP contribution in [0.5, 0.6) is 0 Å². The highest BCUT2D eigenvalue weighted by Gasteiger charge is 1.81.